The van der Waals surface area contributed by atoms with E-state index in [4.69, 9.17) is 0 Å². The molecule has 19 heavy (non-hydrogen) atoms. The fraction of sp³-hybridized carbons (Fsp3) is 0. The van der Waals surface area contributed by atoms with Gasteiger partial charge in [0.05, 0.1) is 0 Å². The van der Waals surface area contributed by atoms with Gasteiger partial charge in [-0.3, -0.25) is 0 Å². The maximum Gasteiger partial charge on any atom is 4.00 e. The molecule has 0 spiro atoms. The van der Waals surface area contributed by atoms with Gasteiger partial charge in [0.1, 0.15) is 0 Å². The Kier molecular flexibility index (Phi) is 75200. The SMILES string of the molecule is [Mg+2].[Mg+2].[Mg+2].[O-2].[O-2].[O-2].[O-2].[O-2].[O-2].[O-2].[O-2].[O-2].[O-2].[OH-].[OH-].[Si+4].[Si+4].[Si+4].[Si+4]. The Labute approximate surface area is 177 Å². The van der Waals surface area contributed by atoms with Crippen LogP contribution < -0.4 is 0 Å². The Morgan fingerprint density at radius 2 is 0.211 bits per heavy atom. The van der Waals surface area contributed by atoms with Crippen LogP contribution in [0, 0.1) is 0 Å². The van der Waals surface area contributed by atoms with E-state index in [1.54, 1.807) is 0 Å². The summed E-state index contributed by atoms with van der Waals surface area (Å²) in [5.41, 5.74) is 0. The predicted octanol–water partition coefficient (Wildman–Crippen LogP) is -4.21. The van der Waals surface area contributed by atoms with Gasteiger partial charge in [-0.05, 0) is 0 Å². The fourth-order valence-electron chi connectivity index (χ4n) is 0. The Balaban J connectivity index is 0. The maximum atomic E-state index is 0. The van der Waals surface area contributed by atoms with Gasteiger partial charge in [0.15, 0.2) is 0 Å². The zero-order valence-corrected chi connectivity index (χ0v) is 17.3. The molecule has 0 aromatic heterocycles. The van der Waals surface area contributed by atoms with Gasteiger partial charge in [-0.25, -0.2) is 0 Å². The minimum atomic E-state index is 0. The van der Waals surface area contributed by atoms with Crippen LogP contribution in [-0.4, -0.2) is 124 Å². The standard InChI is InChI=1S/3Mg.2H2O.10O.4Si/h;;;2*1H2;;;;;;;;;;;;;;/q3*+2;;;10*-2;4*+4/p-2. The van der Waals surface area contributed by atoms with Crippen molar-refractivity contribution in [2.45, 2.75) is 0 Å². The third-order valence-corrected chi connectivity index (χ3v) is 0. The molecule has 96 valence electrons. The predicted molar refractivity (Wildman–Crippen MR) is 51.0 cm³/mol. The summed E-state index contributed by atoms with van der Waals surface area (Å²) in [4.78, 5) is 0. The smallest absolute Gasteiger partial charge is 2.00 e. The van der Waals surface area contributed by atoms with Gasteiger partial charge in [-0.2, -0.15) is 0 Å². The van der Waals surface area contributed by atoms with E-state index in [0.29, 0.717) is 0 Å². The molecule has 0 rings (SSSR count). The monoisotopic (exact) mass is 378 g/mol. The zero-order valence-electron chi connectivity index (χ0n) is 9.10. The average Bonchev–Trinajstić information content (AvgIpc) is 0. The molecule has 0 saturated carbocycles. The molecule has 0 aromatic carbocycles. The first kappa shape index (κ1) is 1290. The Morgan fingerprint density at radius 1 is 0.211 bits per heavy atom. The molecular formula is H2Mg3O12Si4. The average molecular weight is 379 g/mol. The fourth-order valence-corrected chi connectivity index (χ4v) is 0. The molecule has 0 aliphatic rings. The molecule has 0 radical (unpaired) electrons. The normalized spacial score (nSPS) is 0. The van der Waals surface area contributed by atoms with Crippen molar-refractivity contribution in [2.75, 3.05) is 0 Å². The molecule has 0 atom stereocenters. The molecule has 19 heteroatoms. The van der Waals surface area contributed by atoms with Crippen LogP contribution in [0.4, 0.5) is 0 Å². The summed E-state index contributed by atoms with van der Waals surface area (Å²) in [6, 6.07) is 0. The first-order chi connectivity index (χ1) is 0. The molecule has 0 heterocycles. The van der Waals surface area contributed by atoms with Crippen molar-refractivity contribution in [1.29, 1.82) is 0 Å². The molecule has 0 unspecified atom stereocenters. The minimum absolute atomic E-state index is 0. The zero-order chi connectivity index (χ0) is 0. The molecule has 0 fully saturated rings. The quantitative estimate of drug-likeness (QED) is 0.377. The van der Waals surface area contributed by atoms with Gasteiger partial charge >= 0.3 is 113 Å². The molecule has 0 aromatic rings. The minimum Gasteiger partial charge on any atom is -2.00 e. The third-order valence-electron chi connectivity index (χ3n) is 0. The Morgan fingerprint density at radius 3 is 0.211 bits per heavy atom. The summed E-state index contributed by atoms with van der Waals surface area (Å²) in [5, 5.41) is 0. The van der Waals surface area contributed by atoms with E-state index in [1.165, 1.54) is 0 Å². The van der Waals surface area contributed by atoms with Crippen LogP contribution in [0.3, 0.4) is 0 Å². The topological polar surface area (TPSA) is 345 Å². The van der Waals surface area contributed by atoms with Gasteiger partial charge < -0.3 is 65.7 Å². The van der Waals surface area contributed by atoms with Crippen LogP contribution in [0.25, 0.3) is 0 Å². The first-order valence-electron chi connectivity index (χ1n) is 0. The van der Waals surface area contributed by atoms with E-state index >= 15 is 0 Å². The van der Waals surface area contributed by atoms with E-state index in [-0.39, 0.29) is 179 Å². The summed E-state index contributed by atoms with van der Waals surface area (Å²) < 4.78 is 0. The molecule has 2 N–H and O–H groups in total. The molecule has 0 aliphatic heterocycles. The second-order valence-corrected chi connectivity index (χ2v) is 0. The maximum absolute atomic E-state index is 0. The van der Waals surface area contributed by atoms with Crippen LogP contribution in [0.2, 0.25) is 0 Å². The van der Waals surface area contributed by atoms with Crippen molar-refractivity contribution in [1.82, 2.24) is 0 Å². The first-order valence-corrected chi connectivity index (χ1v) is 0. The number of hydrogen-bond acceptors (Lipinski definition) is 2. The number of rotatable bonds is 0. The van der Waals surface area contributed by atoms with Crippen LogP contribution in [0.5, 0.6) is 0 Å². The van der Waals surface area contributed by atoms with Gasteiger partial charge in [0.25, 0.3) is 0 Å². The van der Waals surface area contributed by atoms with E-state index in [9.17, 15) is 0 Å². The van der Waals surface area contributed by atoms with Crippen molar-refractivity contribution >= 4 is 113 Å². The van der Waals surface area contributed by atoms with E-state index in [1.807, 2.05) is 0 Å². The van der Waals surface area contributed by atoms with Gasteiger partial charge in [0, 0.05) is 0 Å². The second-order valence-electron chi connectivity index (χ2n) is 0. The van der Waals surface area contributed by atoms with Gasteiger partial charge in [-0.15, -0.1) is 0 Å². The van der Waals surface area contributed by atoms with Crippen molar-refractivity contribution in [3.05, 3.63) is 0 Å². The summed E-state index contributed by atoms with van der Waals surface area (Å²) in [7, 11) is 0. The van der Waals surface area contributed by atoms with Gasteiger partial charge in [0.2, 0.25) is 0 Å². The van der Waals surface area contributed by atoms with E-state index in [0.717, 1.165) is 0 Å². The summed E-state index contributed by atoms with van der Waals surface area (Å²) in [6.45, 7) is 0. The van der Waals surface area contributed by atoms with Gasteiger partial charge in [-0.1, -0.05) is 0 Å². The van der Waals surface area contributed by atoms with Crippen LogP contribution in [0.1, 0.15) is 0 Å². The Bertz CT molecular complexity index is 24.9. The second kappa shape index (κ2) is 1110. The molecule has 12 nitrogen and oxygen atoms in total. The molecule has 0 amide bonds. The number of hydrogen-bond donors (Lipinski definition) is 0. The van der Waals surface area contributed by atoms with E-state index < -0.39 is 0 Å². The van der Waals surface area contributed by atoms with Crippen molar-refractivity contribution < 1.29 is 65.7 Å². The third kappa shape index (κ3) is 1000. The molecular weight excluding hydrogens is 377 g/mol. The molecule has 0 aliphatic carbocycles. The summed E-state index contributed by atoms with van der Waals surface area (Å²) in [6.07, 6.45) is 0. The van der Waals surface area contributed by atoms with E-state index in [2.05, 4.69) is 0 Å². The van der Waals surface area contributed by atoms with Crippen molar-refractivity contribution in [2.24, 2.45) is 0 Å². The van der Waals surface area contributed by atoms with Crippen LogP contribution in [-0.2, 0) is 54.8 Å². The molecule has 0 saturated heterocycles. The Hall–Kier alpha value is 2.69. The van der Waals surface area contributed by atoms with Crippen LogP contribution in [0.15, 0.2) is 0 Å². The summed E-state index contributed by atoms with van der Waals surface area (Å²) in [5.74, 6) is 0. The largest absolute Gasteiger partial charge is 4.00 e. The summed E-state index contributed by atoms with van der Waals surface area (Å²) >= 11 is 0. The molecule has 0 bridgehead atoms. The van der Waals surface area contributed by atoms with Crippen LogP contribution >= 0.6 is 0 Å². The van der Waals surface area contributed by atoms with Crippen molar-refractivity contribution in [3.8, 4) is 0 Å². The van der Waals surface area contributed by atoms with Crippen molar-refractivity contribution in [3.63, 3.8) is 0 Å².